The van der Waals surface area contributed by atoms with Crippen LogP contribution in [0.1, 0.15) is 80.1 Å². The van der Waals surface area contributed by atoms with Gasteiger partial charge in [0.2, 0.25) is 0 Å². The van der Waals surface area contributed by atoms with Crippen molar-refractivity contribution in [1.29, 1.82) is 0 Å². The minimum atomic E-state index is 0.353. The number of aromatic nitrogens is 3. The molecular formula is C31H43N5. The first-order valence-corrected chi connectivity index (χ1v) is 14.0. The van der Waals surface area contributed by atoms with Crippen molar-refractivity contribution in [1.82, 2.24) is 24.3 Å². The molecule has 0 radical (unpaired) electrons. The Kier molecular flexibility index (Phi) is 7.87. The van der Waals surface area contributed by atoms with Crippen LogP contribution in [0.25, 0.3) is 17.2 Å². The number of aryl methyl sites for hydroxylation is 2. The maximum absolute atomic E-state index is 4.96. The van der Waals surface area contributed by atoms with Gasteiger partial charge in [0, 0.05) is 24.2 Å². The molecule has 0 spiro atoms. The minimum absolute atomic E-state index is 0.353. The first-order valence-electron chi connectivity index (χ1n) is 14.0. The number of hydrogen-bond donors (Lipinski definition) is 0. The van der Waals surface area contributed by atoms with Gasteiger partial charge in [-0.1, -0.05) is 56.7 Å². The maximum atomic E-state index is 4.96. The molecule has 36 heavy (non-hydrogen) atoms. The smallest absolute Gasteiger partial charge is 0.160 e. The van der Waals surface area contributed by atoms with Gasteiger partial charge in [0.25, 0.3) is 0 Å². The van der Waals surface area contributed by atoms with Crippen LogP contribution >= 0.6 is 0 Å². The Morgan fingerprint density at radius 3 is 2.36 bits per heavy atom. The zero-order valence-corrected chi connectivity index (χ0v) is 22.7. The Bertz CT molecular complexity index is 1180. The molecule has 2 aliphatic heterocycles. The van der Waals surface area contributed by atoms with Crippen LogP contribution in [-0.4, -0.2) is 63.1 Å². The van der Waals surface area contributed by atoms with Gasteiger partial charge in [-0.2, -0.15) is 0 Å². The lowest BCUT2D eigenvalue weighted by molar-refractivity contribution is 0.0975. The Balaban J connectivity index is 1.18. The monoisotopic (exact) mass is 485 g/mol. The van der Waals surface area contributed by atoms with E-state index in [1.807, 2.05) is 0 Å². The van der Waals surface area contributed by atoms with E-state index >= 15 is 0 Å². The minimum Gasteiger partial charge on any atom is -0.308 e. The van der Waals surface area contributed by atoms with E-state index in [1.54, 1.807) is 0 Å². The molecule has 3 aromatic rings. The highest BCUT2D eigenvalue weighted by Gasteiger charge is 2.25. The first-order chi connectivity index (χ1) is 17.5. The Morgan fingerprint density at radius 2 is 1.67 bits per heavy atom. The Hall–Kier alpha value is -2.50. The third kappa shape index (κ3) is 5.73. The number of benzene rings is 1. The van der Waals surface area contributed by atoms with Gasteiger partial charge < -0.3 is 9.47 Å². The van der Waals surface area contributed by atoms with Gasteiger partial charge in [-0.3, -0.25) is 4.90 Å². The summed E-state index contributed by atoms with van der Waals surface area (Å²) in [7, 11) is 0. The molecular weight excluding hydrogens is 442 g/mol. The lowest BCUT2D eigenvalue weighted by Gasteiger charge is -2.40. The molecule has 0 aliphatic carbocycles. The summed E-state index contributed by atoms with van der Waals surface area (Å²) >= 11 is 0. The SMILES string of the molecule is Cc1cc(C)c2nc(C(C)C)n(Cc3ccc(/C=C/CN4CCC(N5CCCCC5)CC4)cc3)c2n1. The van der Waals surface area contributed by atoms with E-state index in [2.05, 4.69) is 84.5 Å². The summed E-state index contributed by atoms with van der Waals surface area (Å²) in [6, 6.07) is 11.9. The highest BCUT2D eigenvalue weighted by Crippen LogP contribution is 2.25. The van der Waals surface area contributed by atoms with Crippen molar-refractivity contribution in [2.45, 2.75) is 78.3 Å². The van der Waals surface area contributed by atoms with Crippen LogP contribution in [0, 0.1) is 13.8 Å². The topological polar surface area (TPSA) is 37.2 Å². The molecule has 0 amide bonds. The molecule has 2 aromatic heterocycles. The third-order valence-electron chi connectivity index (χ3n) is 8.03. The fourth-order valence-corrected chi connectivity index (χ4v) is 6.02. The van der Waals surface area contributed by atoms with Crippen LogP contribution in [-0.2, 0) is 6.54 Å². The molecule has 0 saturated carbocycles. The summed E-state index contributed by atoms with van der Waals surface area (Å²) in [5.41, 5.74) is 6.84. The summed E-state index contributed by atoms with van der Waals surface area (Å²) in [6.07, 6.45) is 11.5. The van der Waals surface area contributed by atoms with E-state index in [-0.39, 0.29) is 0 Å². The molecule has 192 valence electrons. The summed E-state index contributed by atoms with van der Waals surface area (Å²) < 4.78 is 2.30. The number of nitrogens with zero attached hydrogens (tertiary/aromatic N) is 5. The highest BCUT2D eigenvalue weighted by molar-refractivity contribution is 5.76. The summed E-state index contributed by atoms with van der Waals surface area (Å²) in [5, 5.41) is 0. The first kappa shape index (κ1) is 25.2. The molecule has 0 atom stereocenters. The standard InChI is InChI=1S/C31H43N5/c1-23(2)30-33-29-24(3)21-25(4)32-31(29)36(30)22-27-12-10-26(11-13-27)9-8-16-34-19-14-28(15-20-34)35-17-6-5-7-18-35/h8-13,21,23,28H,5-7,14-20,22H2,1-4H3/b9-8+. The second-order valence-corrected chi connectivity index (χ2v) is 11.2. The van der Waals surface area contributed by atoms with Gasteiger partial charge >= 0.3 is 0 Å². The molecule has 5 nitrogen and oxygen atoms in total. The average Bonchev–Trinajstić information content (AvgIpc) is 3.25. The average molecular weight is 486 g/mol. The molecule has 2 saturated heterocycles. The molecule has 2 aliphatic rings. The van der Waals surface area contributed by atoms with E-state index in [0.29, 0.717) is 5.92 Å². The number of piperidine rings is 2. The van der Waals surface area contributed by atoms with E-state index in [4.69, 9.17) is 9.97 Å². The predicted octanol–water partition coefficient (Wildman–Crippen LogP) is 6.18. The number of imidazole rings is 1. The predicted molar refractivity (Wildman–Crippen MR) is 151 cm³/mol. The van der Waals surface area contributed by atoms with Gasteiger partial charge in [0.05, 0.1) is 6.54 Å². The van der Waals surface area contributed by atoms with Crippen molar-refractivity contribution in [3.8, 4) is 0 Å². The van der Waals surface area contributed by atoms with E-state index in [0.717, 1.165) is 41.8 Å². The van der Waals surface area contributed by atoms with Gasteiger partial charge in [-0.15, -0.1) is 0 Å². The lowest BCUT2D eigenvalue weighted by atomic mass is 10.00. The van der Waals surface area contributed by atoms with Crippen LogP contribution in [0.3, 0.4) is 0 Å². The van der Waals surface area contributed by atoms with Crippen molar-refractivity contribution in [3.05, 3.63) is 64.6 Å². The summed E-state index contributed by atoms with van der Waals surface area (Å²) in [6.45, 7) is 15.6. The highest BCUT2D eigenvalue weighted by atomic mass is 15.2. The van der Waals surface area contributed by atoms with Gasteiger partial charge in [-0.25, -0.2) is 9.97 Å². The zero-order valence-electron chi connectivity index (χ0n) is 22.7. The molecule has 5 heteroatoms. The molecule has 1 aromatic carbocycles. The molecule has 5 rings (SSSR count). The fraction of sp³-hybridized carbons (Fsp3) is 0.548. The van der Waals surface area contributed by atoms with Crippen LogP contribution in [0.4, 0.5) is 0 Å². The van der Waals surface area contributed by atoms with Crippen molar-refractivity contribution in [2.75, 3.05) is 32.7 Å². The van der Waals surface area contributed by atoms with E-state index < -0.39 is 0 Å². The summed E-state index contributed by atoms with van der Waals surface area (Å²) in [4.78, 5) is 15.2. The number of fused-ring (bicyclic) bond motifs is 1. The van der Waals surface area contributed by atoms with E-state index in [1.165, 1.54) is 75.0 Å². The van der Waals surface area contributed by atoms with Crippen molar-refractivity contribution < 1.29 is 0 Å². The van der Waals surface area contributed by atoms with Crippen molar-refractivity contribution in [3.63, 3.8) is 0 Å². The molecule has 4 heterocycles. The van der Waals surface area contributed by atoms with E-state index in [9.17, 15) is 0 Å². The molecule has 0 N–H and O–H groups in total. The number of hydrogen-bond acceptors (Lipinski definition) is 4. The van der Waals surface area contributed by atoms with Gasteiger partial charge in [0.1, 0.15) is 11.3 Å². The molecule has 0 unspecified atom stereocenters. The Labute approximate surface area is 217 Å². The van der Waals surface area contributed by atoms with Crippen LogP contribution < -0.4 is 0 Å². The normalized spacial score (nSPS) is 18.7. The number of rotatable bonds is 7. The largest absolute Gasteiger partial charge is 0.308 e. The second kappa shape index (κ2) is 11.3. The van der Waals surface area contributed by atoms with Crippen LogP contribution in [0.5, 0.6) is 0 Å². The van der Waals surface area contributed by atoms with Crippen LogP contribution in [0.2, 0.25) is 0 Å². The fourth-order valence-electron chi connectivity index (χ4n) is 6.02. The second-order valence-electron chi connectivity index (χ2n) is 11.2. The maximum Gasteiger partial charge on any atom is 0.160 e. The van der Waals surface area contributed by atoms with Crippen LogP contribution in [0.15, 0.2) is 36.4 Å². The molecule has 0 bridgehead atoms. The Morgan fingerprint density at radius 1 is 0.944 bits per heavy atom. The quantitative estimate of drug-likeness (QED) is 0.400. The molecule has 2 fully saturated rings. The van der Waals surface area contributed by atoms with Gasteiger partial charge in [-0.05, 0) is 88.5 Å². The lowest BCUT2D eigenvalue weighted by Crippen LogP contribution is -2.46. The number of pyridine rings is 1. The van der Waals surface area contributed by atoms with Crippen molar-refractivity contribution in [2.24, 2.45) is 0 Å². The number of likely N-dealkylation sites (tertiary alicyclic amines) is 2. The zero-order chi connectivity index (χ0) is 25.1. The van der Waals surface area contributed by atoms with Crippen molar-refractivity contribution >= 4 is 17.2 Å². The van der Waals surface area contributed by atoms with Gasteiger partial charge in [0.15, 0.2) is 5.65 Å². The third-order valence-corrected chi connectivity index (χ3v) is 8.03. The summed E-state index contributed by atoms with van der Waals surface area (Å²) in [5.74, 6) is 1.46.